The molecule has 0 aliphatic carbocycles. The summed E-state index contributed by atoms with van der Waals surface area (Å²) in [5.74, 6) is 0.808. The van der Waals surface area contributed by atoms with Crippen LogP contribution in [0, 0.1) is 0 Å². The Morgan fingerprint density at radius 3 is 2.65 bits per heavy atom. The molecular formula is C22H26N4O4S. The first-order valence-corrected chi connectivity index (χ1v) is 11.4. The van der Waals surface area contributed by atoms with Crippen molar-refractivity contribution in [2.45, 2.75) is 19.4 Å². The topological polar surface area (TPSA) is 99.8 Å². The van der Waals surface area contributed by atoms with E-state index < -0.39 is 12.1 Å². The van der Waals surface area contributed by atoms with Crippen molar-refractivity contribution in [3.8, 4) is 5.75 Å². The van der Waals surface area contributed by atoms with Crippen LogP contribution in [0.15, 0.2) is 48.5 Å². The molecule has 8 nitrogen and oxygen atoms in total. The Morgan fingerprint density at radius 1 is 1.19 bits per heavy atom. The van der Waals surface area contributed by atoms with Crippen molar-refractivity contribution in [3.05, 3.63) is 48.5 Å². The van der Waals surface area contributed by atoms with Crippen LogP contribution in [0.5, 0.6) is 5.75 Å². The molecule has 0 unspecified atom stereocenters. The molecule has 1 aliphatic heterocycles. The maximum Gasteiger partial charge on any atom is 0.323 e. The van der Waals surface area contributed by atoms with Crippen LogP contribution in [-0.2, 0) is 9.59 Å². The normalized spacial score (nSPS) is 13.6. The molecule has 1 atom stereocenters. The van der Waals surface area contributed by atoms with E-state index in [2.05, 4.69) is 16.0 Å². The summed E-state index contributed by atoms with van der Waals surface area (Å²) in [6.07, 6.45) is 2.39. The SMILES string of the molecule is CCOc1ccc(NC(=O)[C@@H](CCSC)NC(=O)N2CC(=O)Nc3ccccc32)cc1. The van der Waals surface area contributed by atoms with E-state index in [9.17, 15) is 14.4 Å². The minimum absolute atomic E-state index is 0.112. The zero-order valence-electron chi connectivity index (χ0n) is 17.5. The molecule has 0 aromatic heterocycles. The Balaban J connectivity index is 1.71. The van der Waals surface area contributed by atoms with Gasteiger partial charge in [-0.05, 0) is 61.8 Å². The molecule has 0 fully saturated rings. The van der Waals surface area contributed by atoms with Crippen molar-refractivity contribution >= 4 is 46.7 Å². The third-order valence-corrected chi connectivity index (χ3v) is 5.32. The third-order valence-electron chi connectivity index (χ3n) is 4.67. The van der Waals surface area contributed by atoms with Gasteiger partial charge in [-0.1, -0.05) is 12.1 Å². The average Bonchev–Trinajstić information content (AvgIpc) is 2.77. The number of nitrogens with one attached hydrogen (secondary N) is 3. The van der Waals surface area contributed by atoms with E-state index in [0.29, 0.717) is 35.8 Å². The van der Waals surface area contributed by atoms with Gasteiger partial charge in [0.15, 0.2) is 0 Å². The number of carbonyl (C=O) groups is 3. The van der Waals surface area contributed by atoms with Crippen LogP contribution in [-0.4, -0.2) is 49.0 Å². The number of fused-ring (bicyclic) bond motifs is 1. The Kier molecular flexibility index (Phi) is 7.77. The summed E-state index contributed by atoms with van der Waals surface area (Å²) in [6.45, 7) is 2.35. The molecule has 0 saturated carbocycles. The lowest BCUT2D eigenvalue weighted by atomic mass is 10.2. The maximum absolute atomic E-state index is 13.0. The minimum atomic E-state index is -0.747. The van der Waals surface area contributed by atoms with Gasteiger partial charge in [0, 0.05) is 5.69 Å². The Labute approximate surface area is 185 Å². The van der Waals surface area contributed by atoms with E-state index in [0.717, 1.165) is 5.75 Å². The van der Waals surface area contributed by atoms with E-state index in [1.54, 1.807) is 60.3 Å². The summed E-state index contributed by atoms with van der Waals surface area (Å²) in [5.41, 5.74) is 1.77. The van der Waals surface area contributed by atoms with Gasteiger partial charge in [-0.3, -0.25) is 14.5 Å². The molecule has 9 heteroatoms. The molecule has 3 rings (SSSR count). The smallest absolute Gasteiger partial charge is 0.323 e. The summed E-state index contributed by atoms with van der Waals surface area (Å²) in [7, 11) is 0. The molecule has 0 bridgehead atoms. The van der Waals surface area contributed by atoms with Crippen LogP contribution >= 0.6 is 11.8 Å². The number of hydrogen-bond acceptors (Lipinski definition) is 5. The van der Waals surface area contributed by atoms with Crippen LogP contribution in [0.25, 0.3) is 0 Å². The van der Waals surface area contributed by atoms with Crippen molar-refractivity contribution in [2.24, 2.45) is 0 Å². The summed E-state index contributed by atoms with van der Waals surface area (Å²) in [6, 6.07) is 12.9. The van der Waals surface area contributed by atoms with E-state index in [1.807, 2.05) is 13.2 Å². The van der Waals surface area contributed by atoms with Gasteiger partial charge in [-0.25, -0.2) is 4.79 Å². The lowest BCUT2D eigenvalue weighted by molar-refractivity contribution is -0.118. The predicted octanol–water partition coefficient (Wildman–Crippen LogP) is 3.31. The fourth-order valence-corrected chi connectivity index (χ4v) is 3.65. The second-order valence-electron chi connectivity index (χ2n) is 6.88. The molecule has 0 saturated heterocycles. The Morgan fingerprint density at radius 2 is 1.94 bits per heavy atom. The van der Waals surface area contributed by atoms with E-state index in [4.69, 9.17) is 4.74 Å². The molecule has 164 valence electrons. The average molecular weight is 443 g/mol. The highest BCUT2D eigenvalue weighted by Gasteiger charge is 2.29. The van der Waals surface area contributed by atoms with Gasteiger partial charge in [0.1, 0.15) is 18.3 Å². The van der Waals surface area contributed by atoms with E-state index >= 15 is 0 Å². The molecule has 4 amide bonds. The zero-order valence-corrected chi connectivity index (χ0v) is 18.3. The van der Waals surface area contributed by atoms with E-state index in [1.165, 1.54) is 4.90 Å². The molecule has 31 heavy (non-hydrogen) atoms. The van der Waals surface area contributed by atoms with Gasteiger partial charge in [-0.2, -0.15) is 11.8 Å². The molecule has 0 spiro atoms. The number of thioether (sulfide) groups is 1. The van der Waals surface area contributed by atoms with Crippen molar-refractivity contribution in [1.29, 1.82) is 0 Å². The van der Waals surface area contributed by atoms with Crippen molar-refractivity contribution < 1.29 is 19.1 Å². The van der Waals surface area contributed by atoms with Gasteiger partial charge in [0.2, 0.25) is 11.8 Å². The number of para-hydroxylation sites is 2. The van der Waals surface area contributed by atoms with Gasteiger partial charge >= 0.3 is 6.03 Å². The Hall–Kier alpha value is -3.20. The van der Waals surface area contributed by atoms with Crippen LogP contribution in [0.2, 0.25) is 0 Å². The number of amides is 4. The number of hydrogen-bond donors (Lipinski definition) is 3. The maximum atomic E-state index is 13.0. The number of rotatable bonds is 8. The van der Waals surface area contributed by atoms with Crippen LogP contribution in [0.4, 0.5) is 21.9 Å². The lowest BCUT2D eigenvalue weighted by Gasteiger charge is -2.30. The van der Waals surface area contributed by atoms with Crippen molar-refractivity contribution in [3.63, 3.8) is 0 Å². The first-order chi connectivity index (χ1) is 15.0. The zero-order chi connectivity index (χ0) is 22.2. The second-order valence-corrected chi connectivity index (χ2v) is 7.87. The molecule has 1 heterocycles. The first-order valence-electron chi connectivity index (χ1n) is 10.0. The summed E-state index contributed by atoms with van der Waals surface area (Å²) < 4.78 is 5.41. The first kappa shape index (κ1) is 22.5. The minimum Gasteiger partial charge on any atom is -0.494 e. The molecule has 2 aromatic rings. The van der Waals surface area contributed by atoms with Gasteiger partial charge in [0.25, 0.3) is 0 Å². The van der Waals surface area contributed by atoms with E-state index in [-0.39, 0.29) is 18.4 Å². The van der Waals surface area contributed by atoms with Gasteiger partial charge < -0.3 is 20.7 Å². The summed E-state index contributed by atoms with van der Waals surface area (Å²) in [5, 5.41) is 8.38. The highest BCUT2D eigenvalue weighted by Crippen LogP contribution is 2.29. The molecule has 3 N–H and O–H groups in total. The number of carbonyl (C=O) groups excluding carboxylic acids is 3. The lowest BCUT2D eigenvalue weighted by Crippen LogP contribution is -2.53. The van der Waals surface area contributed by atoms with Crippen LogP contribution in [0.3, 0.4) is 0 Å². The number of benzene rings is 2. The van der Waals surface area contributed by atoms with Gasteiger partial charge in [0.05, 0.1) is 18.0 Å². The van der Waals surface area contributed by atoms with Crippen molar-refractivity contribution in [2.75, 3.05) is 40.7 Å². The summed E-state index contributed by atoms with van der Waals surface area (Å²) >= 11 is 1.59. The quantitative estimate of drug-likeness (QED) is 0.582. The number of nitrogens with zero attached hydrogens (tertiary/aromatic N) is 1. The number of ether oxygens (including phenoxy) is 1. The highest BCUT2D eigenvalue weighted by atomic mass is 32.2. The Bertz CT molecular complexity index is 935. The third kappa shape index (κ3) is 5.91. The monoisotopic (exact) mass is 442 g/mol. The van der Waals surface area contributed by atoms with Crippen LogP contribution < -0.4 is 25.6 Å². The summed E-state index contributed by atoms with van der Waals surface area (Å²) in [4.78, 5) is 39.3. The molecule has 2 aromatic carbocycles. The predicted molar refractivity (Wildman–Crippen MR) is 124 cm³/mol. The molecule has 1 aliphatic rings. The van der Waals surface area contributed by atoms with Gasteiger partial charge in [-0.15, -0.1) is 0 Å². The molecular weight excluding hydrogens is 416 g/mol. The number of urea groups is 1. The fourth-order valence-electron chi connectivity index (χ4n) is 3.18. The number of anilines is 3. The second kappa shape index (κ2) is 10.7. The standard InChI is InChI=1S/C22H26N4O4S/c1-3-30-16-10-8-15(9-11-16)23-21(28)18(12-13-31-2)25-22(29)26-14-20(27)24-17-6-4-5-7-19(17)26/h4-11,18H,3,12-14H2,1-2H3,(H,23,28)(H,24,27)(H,25,29)/t18-/m1/s1. The highest BCUT2D eigenvalue weighted by molar-refractivity contribution is 7.98. The molecule has 0 radical (unpaired) electrons. The van der Waals surface area contributed by atoms with Crippen molar-refractivity contribution in [1.82, 2.24) is 5.32 Å². The largest absolute Gasteiger partial charge is 0.494 e. The van der Waals surface area contributed by atoms with Crippen LogP contribution in [0.1, 0.15) is 13.3 Å². The fraction of sp³-hybridized carbons (Fsp3) is 0.318.